The van der Waals surface area contributed by atoms with Gasteiger partial charge in [0.05, 0.1) is 0 Å². The van der Waals surface area contributed by atoms with Crippen LogP contribution in [0.4, 0.5) is 18.9 Å². The maximum atomic E-state index is 14.1. The summed E-state index contributed by atoms with van der Waals surface area (Å²) >= 11 is 0. The molecule has 0 bridgehead atoms. The Kier molecular flexibility index (Phi) is 2.81. The van der Waals surface area contributed by atoms with E-state index in [1.54, 1.807) is 6.07 Å². The zero-order valence-electron chi connectivity index (χ0n) is 11.6. The van der Waals surface area contributed by atoms with Gasteiger partial charge in [-0.05, 0) is 29.8 Å². The Morgan fingerprint density at radius 1 is 1.04 bits per heavy atom. The van der Waals surface area contributed by atoms with Crippen molar-refractivity contribution in [3.8, 4) is 11.5 Å². The number of halogens is 3. The van der Waals surface area contributed by atoms with Crippen LogP contribution in [0.2, 0.25) is 0 Å². The SMILES string of the molecule is O=C1N(c2ccc3c(c2)OCO3)[C@H](c2ccc(F)cc2)C1(F)F. The van der Waals surface area contributed by atoms with E-state index >= 15 is 0 Å². The van der Waals surface area contributed by atoms with E-state index < -0.39 is 23.7 Å². The third kappa shape index (κ3) is 1.96. The molecule has 0 radical (unpaired) electrons. The topological polar surface area (TPSA) is 38.8 Å². The zero-order valence-corrected chi connectivity index (χ0v) is 11.6. The van der Waals surface area contributed by atoms with Crippen LogP contribution < -0.4 is 14.4 Å². The van der Waals surface area contributed by atoms with Crippen molar-refractivity contribution in [3.05, 3.63) is 53.8 Å². The predicted molar refractivity (Wildman–Crippen MR) is 74.1 cm³/mol. The van der Waals surface area contributed by atoms with Crippen LogP contribution in [0.25, 0.3) is 0 Å². The Balaban J connectivity index is 1.74. The molecule has 4 nitrogen and oxygen atoms in total. The second kappa shape index (κ2) is 4.65. The van der Waals surface area contributed by atoms with Gasteiger partial charge in [0.1, 0.15) is 11.9 Å². The number of anilines is 1. The van der Waals surface area contributed by atoms with Crippen molar-refractivity contribution < 1.29 is 27.4 Å². The Hall–Kier alpha value is -2.70. The molecule has 2 aliphatic rings. The molecule has 1 amide bonds. The minimum absolute atomic E-state index is 0.0459. The molecule has 4 rings (SSSR count). The number of rotatable bonds is 2. The van der Waals surface area contributed by atoms with Gasteiger partial charge in [0.15, 0.2) is 11.5 Å². The lowest BCUT2D eigenvalue weighted by Gasteiger charge is -2.46. The van der Waals surface area contributed by atoms with Gasteiger partial charge in [-0.25, -0.2) is 4.39 Å². The molecule has 2 heterocycles. The lowest BCUT2D eigenvalue weighted by Crippen LogP contribution is -2.64. The number of carbonyl (C=O) groups excluding carboxylic acids is 1. The molecule has 1 atom stereocenters. The Bertz CT molecular complexity index is 792. The molecule has 0 unspecified atom stereocenters. The second-order valence-electron chi connectivity index (χ2n) is 5.29. The molecule has 0 saturated carbocycles. The molecular weight excluding hydrogens is 311 g/mol. The fraction of sp³-hybridized carbons (Fsp3) is 0.188. The normalized spacial score (nSPS) is 21.3. The summed E-state index contributed by atoms with van der Waals surface area (Å²) in [6.07, 6.45) is 0. The Labute approximate surface area is 129 Å². The first-order valence-electron chi connectivity index (χ1n) is 6.85. The maximum absolute atomic E-state index is 14.1. The van der Waals surface area contributed by atoms with E-state index in [4.69, 9.17) is 9.47 Å². The first-order valence-corrected chi connectivity index (χ1v) is 6.85. The van der Waals surface area contributed by atoms with E-state index in [-0.39, 0.29) is 18.0 Å². The number of fused-ring (bicyclic) bond motifs is 1. The van der Waals surface area contributed by atoms with Gasteiger partial charge in [-0.3, -0.25) is 9.69 Å². The van der Waals surface area contributed by atoms with E-state index in [9.17, 15) is 18.0 Å². The molecule has 1 fully saturated rings. The first-order chi connectivity index (χ1) is 11.0. The van der Waals surface area contributed by atoms with Gasteiger partial charge in [-0.1, -0.05) is 12.1 Å². The van der Waals surface area contributed by atoms with Crippen LogP contribution in [0.3, 0.4) is 0 Å². The first kappa shape index (κ1) is 13.9. The monoisotopic (exact) mass is 321 g/mol. The largest absolute Gasteiger partial charge is 0.454 e. The van der Waals surface area contributed by atoms with E-state index in [0.717, 1.165) is 17.0 Å². The van der Waals surface area contributed by atoms with Crippen molar-refractivity contribution in [1.29, 1.82) is 0 Å². The number of β-lactam (4-membered cyclic amide) rings is 1. The molecule has 0 aliphatic carbocycles. The standard InChI is InChI=1S/C16H10F3NO3/c17-10-3-1-9(2-4-10)14-16(18,19)15(21)20(14)11-5-6-12-13(7-11)23-8-22-12/h1-7,14H,8H2/t14-/m1/s1. The molecule has 2 aliphatic heterocycles. The van der Waals surface area contributed by atoms with Crippen molar-refractivity contribution in [2.24, 2.45) is 0 Å². The molecule has 23 heavy (non-hydrogen) atoms. The van der Waals surface area contributed by atoms with Crippen LogP contribution in [-0.2, 0) is 4.79 Å². The quantitative estimate of drug-likeness (QED) is 0.797. The van der Waals surface area contributed by atoms with Crippen molar-refractivity contribution >= 4 is 11.6 Å². The van der Waals surface area contributed by atoms with Gasteiger partial charge in [-0.15, -0.1) is 0 Å². The van der Waals surface area contributed by atoms with E-state index in [2.05, 4.69) is 0 Å². The van der Waals surface area contributed by atoms with Crippen LogP contribution in [-0.4, -0.2) is 18.6 Å². The number of amides is 1. The van der Waals surface area contributed by atoms with Crippen molar-refractivity contribution in [2.45, 2.75) is 12.0 Å². The Morgan fingerprint density at radius 2 is 1.74 bits per heavy atom. The molecule has 0 aromatic heterocycles. The van der Waals surface area contributed by atoms with Gasteiger partial charge in [0.25, 0.3) is 0 Å². The molecule has 1 saturated heterocycles. The minimum atomic E-state index is -3.53. The second-order valence-corrected chi connectivity index (χ2v) is 5.29. The highest BCUT2D eigenvalue weighted by molar-refractivity contribution is 6.07. The minimum Gasteiger partial charge on any atom is -0.454 e. The summed E-state index contributed by atoms with van der Waals surface area (Å²) in [5.41, 5.74) is 0.438. The van der Waals surface area contributed by atoms with Crippen LogP contribution in [0, 0.1) is 5.82 Å². The van der Waals surface area contributed by atoms with Crippen molar-refractivity contribution in [1.82, 2.24) is 0 Å². The molecule has 2 aromatic carbocycles. The highest BCUT2D eigenvalue weighted by Crippen LogP contribution is 2.51. The molecule has 0 N–H and O–H groups in total. The average Bonchev–Trinajstić information content (AvgIpc) is 3.00. The predicted octanol–water partition coefficient (Wildman–Crippen LogP) is 3.28. The lowest BCUT2D eigenvalue weighted by molar-refractivity contribution is -0.162. The van der Waals surface area contributed by atoms with Crippen LogP contribution in [0.5, 0.6) is 11.5 Å². The number of carbonyl (C=O) groups is 1. The molecule has 0 spiro atoms. The summed E-state index contributed by atoms with van der Waals surface area (Å²) in [6, 6.07) is 7.75. The zero-order chi connectivity index (χ0) is 16.2. The number of alkyl halides is 2. The molecule has 2 aromatic rings. The molecule has 118 valence electrons. The smallest absolute Gasteiger partial charge is 0.349 e. The highest BCUT2D eigenvalue weighted by Gasteiger charge is 2.64. The third-order valence-electron chi connectivity index (χ3n) is 3.93. The maximum Gasteiger partial charge on any atom is 0.349 e. The lowest BCUT2D eigenvalue weighted by atomic mass is 9.89. The number of nitrogens with zero attached hydrogens (tertiary/aromatic N) is 1. The number of benzene rings is 2. The Morgan fingerprint density at radius 3 is 2.48 bits per heavy atom. The fourth-order valence-electron chi connectivity index (χ4n) is 2.80. The van der Waals surface area contributed by atoms with E-state index in [1.165, 1.54) is 24.3 Å². The fourth-order valence-corrected chi connectivity index (χ4v) is 2.80. The summed E-state index contributed by atoms with van der Waals surface area (Å²) in [6.45, 7) is 0.0459. The van der Waals surface area contributed by atoms with Crippen molar-refractivity contribution in [3.63, 3.8) is 0 Å². The summed E-state index contributed by atoms with van der Waals surface area (Å²) < 4.78 is 51.5. The van der Waals surface area contributed by atoms with Crippen LogP contribution in [0.1, 0.15) is 11.6 Å². The number of hydrogen-bond donors (Lipinski definition) is 0. The van der Waals surface area contributed by atoms with Crippen LogP contribution in [0.15, 0.2) is 42.5 Å². The summed E-state index contributed by atoms with van der Waals surface area (Å²) in [4.78, 5) is 12.8. The number of hydrogen-bond acceptors (Lipinski definition) is 3. The van der Waals surface area contributed by atoms with E-state index in [0.29, 0.717) is 11.5 Å². The van der Waals surface area contributed by atoms with Gasteiger partial charge in [-0.2, -0.15) is 8.78 Å². The summed E-state index contributed by atoms with van der Waals surface area (Å²) in [7, 11) is 0. The van der Waals surface area contributed by atoms with E-state index in [1.807, 2.05) is 0 Å². The van der Waals surface area contributed by atoms with Gasteiger partial charge >= 0.3 is 11.8 Å². The van der Waals surface area contributed by atoms with Gasteiger partial charge < -0.3 is 9.47 Å². The third-order valence-corrected chi connectivity index (χ3v) is 3.93. The van der Waals surface area contributed by atoms with Crippen molar-refractivity contribution in [2.75, 3.05) is 11.7 Å². The average molecular weight is 321 g/mol. The number of ether oxygens (including phenoxy) is 2. The summed E-state index contributed by atoms with van der Waals surface area (Å²) in [5, 5.41) is 0. The molecular formula is C16H10F3NO3. The summed E-state index contributed by atoms with van der Waals surface area (Å²) in [5.74, 6) is -4.48. The van der Waals surface area contributed by atoms with Gasteiger partial charge in [0, 0.05) is 11.8 Å². The van der Waals surface area contributed by atoms with Crippen LogP contribution >= 0.6 is 0 Å². The highest BCUT2D eigenvalue weighted by atomic mass is 19.3. The van der Waals surface area contributed by atoms with Gasteiger partial charge in [0.2, 0.25) is 6.79 Å². The molecule has 7 heteroatoms.